The Hall–Kier alpha value is -1.73. The van der Waals surface area contributed by atoms with Crippen molar-refractivity contribution >= 4 is 27.3 Å². The summed E-state index contributed by atoms with van der Waals surface area (Å²) in [7, 11) is -0.785. The molecule has 0 radical (unpaired) electrons. The second-order valence-electron chi connectivity index (χ2n) is 4.26. The fraction of sp³-hybridized carbons (Fsp3) is 0.250. The Balaban J connectivity index is 2.43. The van der Waals surface area contributed by atoms with Gasteiger partial charge in [-0.05, 0) is 24.6 Å². The van der Waals surface area contributed by atoms with Crippen LogP contribution in [0.3, 0.4) is 0 Å². The lowest BCUT2D eigenvalue weighted by Gasteiger charge is -2.11. The third-order valence-corrected chi connectivity index (χ3v) is 4.54. The van der Waals surface area contributed by atoms with E-state index in [1.807, 2.05) is 13.0 Å². The van der Waals surface area contributed by atoms with E-state index in [0.717, 1.165) is 5.56 Å². The Morgan fingerprint density at radius 1 is 1.40 bits per heavy atom. The molecular formula is C12H14ClN3O3S. The standard InChI is InChI=1S/C12H14ClN3O3S/c1-8-4-5-10(19-3)9(6-8)15-20(17,18)12-11(13)16(2)7-14-12/h4-7,15H,1-3H3. The number of rotatable bonds is 4. The SMILES string of the molecule is COc1ccc(C)cc1NS(=O)(=O)c1ncn(C)c1Cl. The highest BCUT2D eigenvalue weighted by atomic mass is 35.5. The summed E-state index contributed by atoms with van der Waals surface area (Å²) >= 11 is 5.91. The topological polar surface area (TPSA) is 73.2 Å². The zero-order valence-electron chi connectivity index (χ0n) is 11.2. The Kier molecular flexibility index (Phi) is 3.92. The molecule has 0 unspecified atom stereocenters. The summed E-state index contributed by atoms with van der Waals surface area (Å²) in [5, 5.41) is -0.172. The van der Waals surface area contributed by atoms with Gasteiger partial charge in [-0.3, -0.25) is 4.72 Å². The van der Waals surface area contributed by atoms with Gasteiger partial charge in [-0.1, -0.05) is 17.7 Å². The normalized spacial score (nSPS) is 11.4. The van der Waals surface area contributed by atoms with E-state index in [4.69, 9.17) is 16.3 Å². The zero-order chi connectivity index (χ0) is 14.9. The molecule has 0 aliphatic rings. The lowest BCUT2D eigenvalue weighted by atomic mass is 10.2. The molecule has 2 rings (SSSR count). The van der Waals surface area contributed by atoms with Gasteiger partial charge in [0.15, 0.2) is 0 Å². The molecule has 0 spiro atoms. The molecule has 0 atom stereocenters. The van der Waals surface area contributed by atoms with Gasteiger partial charge in [0.25, 0.3) is 10.0 Å². The molecule has 1 aromatic heterocycles. The number of aryl methyl sites for hydroxylation is 2. The minimum atomic E-state index is -3.87. The number of hydrogen-bond donors (Lipinski definition) is 1. The van der Waals surface area contributed by atoms with Gasteiger partial charge in [0, 0.05) is 7.05 Å². The highest BCUT2D eigenvalue weighted by molar-refractivity contribution is 7.92. The number of sulfonamides is 1. The van der Waals surface area contributed by atoms with E-state index in [1.54, 1.807) is 19.2 Å². The first-order valence-electron chi connectivity index (χ1n) is 5.69. The first-order chi connectivity index (χ1) is 9.35. The Morgan fingerprint density at radius 3 is 2.65 bits per heavy atom. The molecule has 20 heavy (non-hydrogen) atoms. The third-order valence-electron chi connectivity index (χ3n) is 2.69. The van der Waals surface area contributed by atoms with Gasteiger partial charge in [-0.15, -0.1) is 0 Å². The molecule has 8 heteroatoms. The Bertz CT molecular complexity index is 740. The maximum atomic E-state index is 12.3. The smallest absolute Gasteiger partial charge is 0.282 e. The van der Waals surface area contributed by atoms with E-state index in [-0.39, 0.29) is 10.2 Å². The summed E-state index contributed by atoms with van der Waals surface area (Å²) in [4.78, 5) is 3.80. The highest BCUT2D eigenvalue weighted by Gasteiger charge is 2.23. The lowest BCUT2D eigenvalue weighted by molar-refractivity contribution is 0.417. The third kappa shape index (κ3) is 2.73. The number of hydrogen-bond acceptors (Lipinski definition) is 4. The molecule has 6 nitrogen and oxygen atoms in total. The van der Waals surface area contributed by atoms with Crippen LogP contribution in [-0.2, 0) is 17.1 Å². The van der Waals surface area contributed by atoms with Gasteiger partial charge in [0.2, 0.25) is 5.03 Å². The van der Waals surface area contributed by atoms with Gasteiger partial charge in [-0.25, -0.2) is 4.98 Å². The molecule has 2 aromatic rings. The average molecular weight is 316 g/mol. The maximum Gasteiger partial charge on any atom is 0.282 e. The largest absolute Gasteiger partial charge is 0.495 e. The van der Waals surface area contributed by atoms with Crippen LogP contribution in [0, 0.1) is 6.92 Å². The molecule has 0 aliphatic carbocycles. The fourth-order valence-corrected chi connectivity index (χ4v) is 3.16. The zero-order valence-corrected chi connectivity index (χ0v) is 12.8. The van der Waals surface area contributed by atoms with Crippen molar-refractivity contribution in [1.82, 2.24) is 9.55 Å². The van der Waals surface area contributed by atoms with E-state index in [0.29, 0.717) is 11.4 Å². The van der Waals surface area contributed by atoms with E-state index in [9.17, 15) is 8.42 Å². The van der Waals surface area contributed by atoms with Crippen LogP contribution in [0.2, 0.25) is 5.15 Å². The predicted molar refractivity (Wildman–Crippen MR) is 76.8 cm³/mol. The van der Waals surface area contributed by atoms with Crippen LogP contribution in [0.5, 0.6) is 5.75 Å². The van der Waals surface area contributed by atoms with Crippen LogP contribution in [0.1, 0.15) is 5.56 Å². The number of nitrogens with one attached hydrogen (secondary N) is 1. The molecule has 0 aliphatic heterocycles. The van der Waals surface area contributed by atoms with Crippen molar-refractivity contribution in [2.75, 3.05) is 11.8 Å². The van der Waals surface area contributed by atoms with Crippen LogP contribution in [0.4, 0.5) is 5.69 Å². The Labute approximate surface area is 122 Å². The number of anilines is 1. The van der Waals surface area contributed by atoms with Crippen molar-refractivity contribution in [2.24, 2.45) is 7.05 Å². The number of ether oxygens (including phenoxy) is 1. The average Bonchev–Trinajstić information content (AvgIpc) is 2.70. The molecular weight excluding hydrogens is 302 g/mol. The van der Waals surface area contributed by atoms with Gasteiger partial charge in [0.05, 0.1) is 19.1 Å². The van der Waals surface area contributed by atoms with E-state index in [2.05, 4.69) is 9.71 Å². The molecule has 1 aromatic carbocycles. The molecule has 1 heterocycles. The van der Waals surface area contributed by atoms with Crippen molar-refractivity contribution in [2.45, 2.75) is 11.9 Å². The molecule has 0 saturated heterocycles. The molecule has 0 saturated carbocycles. The molecule has 0 amide bonds. The van der Waals surface area contributed by atoms with Gasteiger partial charge >= 0.3 is 0 Å². The van der Waals surface area contributed by atoms with Crippen LogP contribution >= 0.6 is 11.6 Å². The summed E-state index contributed by atoms with van der Waals surface area (Å²) in [5.74, 6) is 0.422. The first kappa shape index (κ1) is 14.7. The number of benzene rings is 1. The van der Waals surface area contributed by atoms with Crippen LogP contribution in [-0.4, -0.2) is 25.1 Å². The first-order valence-corrected chi connectivity index (χ1v) is 7.55. The Morgan fingerprint density at radius 2 is 2.10 bits per heavy atom. The minimum Gasteiger partial charge on any atom is -0.495 e. The number of nitrogens with zero attached hydrogens (tertiary/aromatic N) is 2. The predicted octanol–water partition coefficient (Wildman–Crippen LogP) is 2.19. The molecule has 0 fully saturated rings. The quantitative estimate of drug-likeness (QED) is 0.938. The van der Waals surface area contributed by atoms with Crippen LogP contribution < -0.4 is 9.46 Å². The number of imidazole rings is 1. The second kappa shape index (κ2) is 5.34. The lowest BCUT2D eigenvalue weighted by Crippen LogP contribution is -2.14. The highest BCUT2D eigenvalue weighted by Crippen LogP contribution is 2.29. The monoisotopic (exact) mass is 315 g/mol. The second-order valence-corrected chi connectivity index (χ2v) is 6.22. The summed E-state index contributed by atoms with van der Waals surface area (Å²) in [5.41, 5.74) is 1.24. The van der Waals surface area contributed by atoms with Gasteiger partial charge < -0.3 is 9.30 Å². The van der Waals surface area contributed by atoms with E-state index >= 15 is 0 Å². The van der Waals surface area contributed by atoms with Crippen molar-refractivity contribution in [1.29, 1.82) is 0 Å². The van der Waals surface area contributed by atoms with Gasteiger partial charge in [0.1, 0.15) is 10.9 Å². The summed E-state index contributed by atoms with van der Waals surface area (Å²) < 4.78 is 33.6. The van der Waals surface area contributed by atoms with Crippen LogP contribution in [0.25, 0.3) is 0 Å². The summed E-state index contributed by atoms with van der Waals surface area (Å²) in [6.45, 7) is 1.85. The van der Waals surface area contributed by atoms with E-state index in [1.165, 1.54) is 18.0 Å². The van der Waals surface area contributed by atoms with E-state index < -0.39 is 10.0 Å². The number of aromatic nitrogens is 2. The van der Waals surface area contributed by atoms with Crippen molar-refractivity contribution in [3.05, 3.63) is 35.2 Å². The van der Waals surface area contributed by atoms with Crippen molar-refractivity contribution < 1.29 is 13.2 Å². The minimum absolute atomic E-state index is 0.0455. The van der Waals surface area contributed by atoms with Crippen molar-refractivity contribution in [3.8, 4) is 5.75 Å². The number of halogens is 1. The summed E-state index contributed by atoms with van der Waals surface area (Å²) in [6.07, 6.45) is 1.34. The molecule has 108 valence electrons. The van der Waals surface area contributed by atoms with Crippen LogP contribution in [0.15, 0.2) is 29.6 Å². The van der Waals surface area contributed by atoms with Gasteiger partial charge in [-0.2, -0.15) is 8.42 Å². The fourth-order valence-electron chi connectivity index (χ4n) is 1.67. The maximum absolute atomic E-state index is 12.3. The molecule has 0 bridgehead atoms. The van der Waals surface area contributed by atoms with Crippen molar-refractivity contribution in [3.63, 3.8) is 0 Å². The summed E-state index contributed by atoms with van der Waals surface area (Å²) in [6, 6.07) is 5.19. The molecule has 1 N–H and O–H groups in total. The number of methoxy groups -OCH3 is 1.